The van der Waals surface area contributed by atoms with E-state index in [0.29, 0.717) is 36.8 Å². The molecule has 0 atom stereocenters. The van der Waals surface area contributed by atoms with Crippen molar-refractivity contribution in [1.82, 2.24) is 25.2 Å². The van der Waals surface area contributed by atoms with E-state index in [-0.39, 0.29) is 11.6 Å². The van der Waals surface area contributed by atoms with Crippen LogP contribution >= 0.6 is 0 Å². The number of carbonyl (C=O) groups is 1. The van der Waals surface area contributed by atoms with Crippen molar-refractivity contribution < 1.29 is 9.32 Å². The van der Waals surface area contributed by atoms with Crippen LogP contribution in [0.4, 0.5) is 0 Å². The number of aryl methyl sites for hydroxylation is 2. The Morgan fingerprint density at radius 3 is 2.68 bits per heavy atom. The first kappa shape index (κ1) is 19.5. The third kappa shape index (κ3) is 4.51. The van der Waals surface area contributed by atoms with Crippen molar-refractivity contribution in [3.8, 4) is 5.69 Å². The summed E-state index contributed by atoms with van der Waals surface area (Å²) in [5, 5.41) is 10.9. The fourth-order valence-electron chi connectivity index (χ4n) is 2.66. The van der Waals surface area contributed by atoms with Gasteiger partial charge in [-0.1, -0.05) is 37.2 Å². The van der Waals surface area contributed by atoms with Gasteiger partial charge in [-0.2, -0.15) is 10.1 Å². The maximum atomic E-state index is 12.4. The molecule has 0 bridgehead atoms. The Hall–Kier alpha value is -3.29. The molecule has 8 nitrogen and oxygen atoms in total. The summed E-state index contributed by atoms with van der Waals surface area (Å²) < 4.78 is 6.76. The third-order valence-corrected chi connectivity index (χ3v) is 4.18. The highest BCUT2D eigenvalue weighted by atomic mass is 16.5. The molecule has 0 aliphatic heterocycles. The Morgan fingerprint density at radius 1 is 1.25 bits per heavy atom. The molecule has 2 aromatic heterocycles. The predicted molar refractivity (Wildman–Crippen MR) is 104 cm³/mol. The number of nitrogens with zero attached hydrogens (tertiary/aromatic N) is 4. The van der Waals surface area contributed by atoms with Crippen molar-refractivity contribution in [3.63, 3.8) is 0 Å². The smallest absolute Gasteiger partial charge is 0.275 e. The molecule has 3 rings (SSSR count). The summed E-state index contributed by atoms with van der Waals surface area (Å²) in [5.74, 6) is 0.918. The van der Waals surface area contributed by atoms with Crippen LogP contribution in [0.2, 0.25) is 0 Å². The minimum absolute atomic E-state index is 0.130. The third-order valence-electron chi connectivity index (χ3n) is 4.18. The zero-order chi connectivity index (χ0) is 20.1. The lowest BCUT2D eigenvalue weighted by Gasteiger charge is -2.11. The van der Waals surface area contributed by atoms with Crippen molar-refractivity contribution in [3.05, 3.63) is 69.7 Å². The number of para-hydroxylation sites is 1. The molecule has 0 radical (unpaired) electrons. The summed E-state index contributed by atoms with van der Waals surface area (Å²) in [5.41, 5.74) is 0.909. The van der Waals surface area contributed by atoms with E-state index < -0.39 is 11.3 Å². The van der Waals surface area contributed by atoms with Crippen LogP contribution in [-0.2, 0) is 6.42 Å². The van der Waals surface area contributed by atoms with Gasteiger partial charge in [0.1, 0.15) is 0 Å². The summed E-state index contributed by atoms with van der Waals surface area (Å²) in [6.07, 6.45) is 1.17. The Morgan fingerprint density at radius 2 is 2.00 bits per heavy atom. The first-order chi connectivity index (χ1) is 13.5. The number of rotatable bonds is 7. The lowest BCUT2D eigenvalue weighted by molar-refractivity contribution is 0.0945. The monoisotopic (exact) mass is 381 g/mol. The molecule has 1 N–H and O–H groups in total. The van der Waals surface area contributed by atoms with E-state index in [2.05, 4.69) is 20.6 Å². The fraction of sp³-hybridized carbons (Fsp3) is 0.350. The van der Waals surface area contributed by atoms with Gasteiger partial charge in [-0.15, -0.1) is 0 Å². The van der Waals surface area contributed by atoms with Crippen LogP contribution in [0.15, 0.2) is 45.7 Å². The molecule has 0 fully saturated rings. The Bertz CT molecular complexity index is 1010. The largest absolute Gasteiger partial charge is 0.351 e. The summed E-state index contributed by atoms with van der Waals surface area (Å²) in [6, 6.07) is 10.8. The van der Waals surface area contributed by atoms with Crippen molar-refractivity contribution in [1.29, 1.82) is 0 Å². The summed E-state index contributed by atoms with van der Waals surface area (Å²) >= 11 is 0. The van der Waals surface area contributed by atoms with Gasteiger partial charge in [0.05, 0.1) is 5.69 Å². The van der Waals surface area contributed by atoms with Gasteiger partial charge in [0.2, 0.25) is 11.3 Å². The molecule has 1 aromatic carbocycles. The van der Waals surface area contributed by atoms with Gasteiger partial charge in [-0.25, -0.2) is 4.68 Å². The molecule has 0 saturated heterocycles. The van der Waals surface area contributed by atoms with Crippen molar-refractivity contribution in [2.45, 2.75) is 39.5 Å². The average molecular weight is 381 g/mol. The van der Waals surface area contributed by atoms with Crippen LogP contribution in [-0.4, -0.2) is 32.4 Å². The van der Waals surface area contributed by atoms with Gasteiger partial charge in [0.25, 0.3) is 5.91 Å². The molecule has 3 aromatic rings. The Labute approximate surface area is 162 Å². The second-order valence-corrected chi connectivity index (χ2v) is 6.81. The molecule has 0 aliphatic rings. The lowest BCUT2D eigenvalue weighted by Crippen LogP contribution is -2.32. The number of aromatic nitrogens is 4. The van der Waals surface area contributed by atoms with Crippen LogP contribution in [0.3, 0.4) is 0 Å². The predicted octanol–water partition coefficient (Wildman–Crippen LogP) is 2.41. The maximum absolute atomic E-state index is 12.4. The molecule has 1 amide bonds. The summed E-state index contributed by atoms with van der Waals surface area (Å²) in [7, 11) is 0. The normalized spacial score (nSPS) is 11.0. The zero-order valence-electron chi connectivity index (χ0n) is 16.2. The summed E-state index contributed by atoms with van der Waals surface area (Å²) in [6.45, 7) is 6.13. The highest BCUT2D eigenvalue weighted by Gasteiger charge is 2.15. The SMILES string of the molecule is Cc1cc(=O)c(C(=O)NCCCc2nc(C(C)C)no2)nn1-c1ccccc1. The van der Waals surface area contributed by atoms with Gasteiger partial charge >= 0.3 is 0 Å². The van der Waals surface area contributed by atoms with Crippen molar-refractivity contribution in [2.75, 3.05) is 6.54 Å². The van der Waals surface area contributed by atoms with Gasteiger partial charge in [-0.05, 0) is 25.5 Å². The average Bonchev–Trinajstić information content (AvgIpc) is 3.15. The molecule has 2 heterocycles. The number of carbonyl (C=O) groups excluding carboxylic acids is 1. The Kier molecular flexibility index (Phi) is 5.98. The first-order valence-electron chi connectivity index (χ1n) is 9.23. The number of hydrogen-bond acceptors (Lipinski definition) is 6. The molecule has 8 heteroatoms. The topological polar surface area (TPSA) is 103 Å². The zero-order valence-corrected chi connectivity index (χ0v) is 16.2. The number of nitrogens with one attached hydrogen (secondary N) is 1. The summed E-state index contributed by atoms with van der Waals surface area (Å²) in [4.78, 5) is 28.9. The Balaban J connectivity index is 1.63. The van der Waals surface area contributed by atoms with E-state index in [9.17, 15) is 9.59 Å². The highest BCUT2D eigenvalue weighted by molar-refractivity contribution is 5.92. The first-order valence-corrected chi connectivity index (χ1v) is 9.23. The van der Waals surface area contributed by atoms with E-state index in [1.807, 2.05) is 44.2 Å². The molecule has 146 valence electrons. The van der Waals surface area contributed by atoms with Gasteiger partial charge in [0, 0.05) is 30.6 Å². The van der Waals surface area contributed by atoms with E-state index in [4.69, 9.17) is 4.52 Å². The van der Waals surface area contributed by atoms with Gasteiger partial charge in [0.15, 0.2) is 11.5 Å². The molecule has 0 unspecified atom stereocenters. The molecule has 0 saturated carbocycles. The van der Waals surface area contributed by atoms with E-state index in [1.165, 1.54) is 6.07 Å². The quantitative estimate of drug-likeness (QED) is 0.631. The van der Waals surface area contributed by atoms with Gasteiger partial charge in [-0.3, -0.25) is 9.59 Å². The fourth-order valence-corrected chi connectivity index (χ4v) is 2.66. The van der Waals surface area contributed by atoms with E-state index >= 15 is 0 Å². The molecule has 0 aliphatic carbocycles. The lowest BCUT2D eigenvalue weighted by atomic mass is 10.2. The van der Waals surface area contributed by atoms with Crippen LogP contribution < -0.4 is 10.7 Å². The van der Waals surface area contributed by atoms with Crippen LogP contribution in [0.5, 0.6) is 0 Å². The van der Waals surface area contributed by atoms with Crippen molar-refractivity contribution in [2.24, 2.45) is 0 Å². The van der Waals surface area contributed by atoms with Crippen LogP contribution in [0.1, 0.15) is 54.1 Å². The minimum atomic E-state index is -0.497. The van der Waals surface area contributed by atoms with Crippen LogP contribution in [0, 0.1) is 6.92 Å². The second kappa shape index (κ2) is 8.60. The molecular formula is C20H23N5O3. The highest BCUT2D eigenvalue weighted by Crippen LogP contribution is 2.10. The maximum Gasteiger partial charge on any atom is 0.275 e. The molecule has 28 heavy (non-hydrogen) atoms. The van der Waals surface area contributed by atoms with Gasteiger partial charge < -0.3 is 9.84 Å². The van der Waals surface area contributed by atoms with Crippen molar-refractivity contribution >= 4 is 5.91 Å². The molecular weight excluding hydrogens is 358 g/mol. The standard InChI is InChI=1S/C20H23N5O3/c1-13(2)19-22-17(28-24-19)10-7-11-21-20(27)18-16(26)12-14(3)25(23-18)15-8-5-4-6-9-15/h4-6,8-9,12-13H,7,10-11H2,1-3H3,(H,21,27). The van der Waals surface area contributed by atoms with E-state index in [0.717, 1.165) is 5.69 Å². The number of amides is 1. The van der Waals surface area contributed by atoms with E-state index in [1.54, 1.807) is 11.6 Å². The molecule has 0 spiro atoms. The van der Waals surface area contributed by atoms with Crippen LogP contribution in [0.25, 0.3) is 5.69 Å². The second-order valence-electron chi connectivity index (χ2n) is 6.81. The number of hydrogen-bond donors (Lipinski definition) is 1. The minimum Gasteiger partial charge on any atom is -0.351 e. The number of benzene rings is 1.